The van der Waals surface area contributed by atoms with Gasteiger partial charge in [-0.1, -0.05) is 35.9 Å². The minimum atomic E-state index is 0. The SMILES string of the molecule is COc1ccc2c(c1)CCN(C(N)Cc1ccc(C)cc1)C2C.Cl. The van der Waals surface area contributed by atoms with Gasteiger partial charge in [-0.25, -0.2) is 0 Å². The summed E-state index contributed by atoms with van der Waals surface area (Å²) < 4.78 is 5.34. The zero-order valence-corrected chi connectivity index (χ0v) is 15.5. The molecular weight excluding hydrogens is 320 g/mol. The van der Waals surface area contributed by atoms with Crippen LogP contribution < -0.4 is 10.5 Å². The Morgan fingerprint density at radius 3 is 2.58 bits per heavy atom. The van der Waals surface area contributed by atoms with E-state index in [9.17, 15) is 0 Å². The lowest BCUT2D eigenvalue weighted by Gasteiger charge is -2.39. The number of methoxy groups -OCH3 is 1. The monoisotopic (exact) mass is 346 g/mol. The van der Waals surface area contributed by atoms with Crippen LogP contribution in [0.3, 0.4) is 0 Å². The third kappa shape index (κ3) is 3.92. The van der Waals surface area contributed by atoms with E-state index in [2.05, 4.69) is 55.1 Å². The summed E-state index contributed by atoms with van der Waals surface area (Å²) >= 11 is 0. The van der Waals surface area contributed by atoms with Crippen LogP contribution in [0.25, 0.3) is 0 Å². The summed E-state index contributed by atoms with van der Waals surface area (Å²) in [7, 11) is 1.72. The van der Waals surface area contributed by atoms with Gasteiger partial charge >= 0.3 is 0 Å². The number of hydrogen-bond acceptors (Lipinski definition) is 3. The highest BCUT2D eigenvalue weighted by Crippen LogP contribution is 2.32. The Morgan fingerprint density at radius 2 is 1.92 bits per heavy atom. The van der Waals surface area contributed by atoms with Gasteiger partial charge in [-0.15, -0.1) is 12.4 Å². The Labute approximate surface area is 151 Å². The molecule has 0 aliphatic carbocycles. The maximum Gasteiger partial charge on any atom is 0.119 e. The van der Waals surface area contributed by atoms with Gasteiger partial charge in [-0.2, -0.15) is 0 Å². The van der Waals surface area contributed by atoms with Crippen LogP contribution in [0.5, 0.6) is 5.75 Å². The minimum Gasteiger partial charge on any atom is -0.497 e. The van der Waals surface area contributed by atoms with E-state index in [1.807, 2.05) is 6.07 Å². The average molecular weight is 347 g/mol. The van der Waals surface area contributed by atoms with Crippen molar-refractivity contribution >= 4 is 12.4 Å². The van der Waals surface area contributed by atoms with Gasteiger partial charge in [0, 0.05) is 19.0 Å². The molecule has 1 aliphatic rings. The normalized spacial score (nSPS) is 18.4. The Balaban J connectivity index is 0.00000208. The number of halogens is 1. The van der Waals surface area contributed by atoms with Gasteiger partial charge < -0.3 is 10.5 Å². The lowest BCUT2D eigenvalue weighted by Crippen LogP contribution is -2.47. The molecule has 0 saturated carbocycles. The molecule has 1 heterocycles. The lowest BCUT2D eigenvalue weighted by molar-refractivity contribution is 0.135. The van der Waals surface area contributed by atoms with Crippen LogP contribution >= 0.6 is 12.4 Å². The quantitative estimate of drug-likeness (QED) is 0.913. The van der Waals surface area contributed by atoms with E-state index in [-0.39, 0.29) is 18.6 Å². The standard InChI is InChI=1S/C20H26N2O.ClH/c1-14-4-6-16(7-5-14)12-20(21)22-11-10-17-13-18(23-3)8-9-19(17)15(22)2;/h4-9,13,15,20H,10-12,21H2,1-3H3;1H. The molecule has 24 heavy (non-hydrogen) atoms. The summed E-state index contributed by atoms with van der Waals surface area (Å²) in [4.78, 5) is 2.41. The molecule has 0 radical (unpaired) electrons. The Bertz CT molecular complexity index is 672. The maximum atomic E-state index is 6.52. The van der Waals surface area contributed by atoms with Crippen molar-refractivity contribution in [2.24, 2.45) is 5.73 Å². The number of nitrogens with two attached hydrogens (primary N) is 1. The topological polar surface area (TPSA) is 38.5 Å². The maximum absolute atomic E-state index is 6.52. The molecule has 2 aromatic rings. The number of ether oxygens (including phenoxy) is 1. The molecule has 4 heteroatoms. The first-order valence-electron chi connectivity index (χ1n) is 8.32. The Hall–Kier alpha value is -1.55. The van der Waals surface area contributed by atoms with Gasteiger partial charge in [-0.05, 0) is 49.1 Å². The highest BCUT2D eigenvalue weighted by molar-refractivity contribution is 5.85. The van der Waals surface area contributed by atoms with Crippen molar-refractivity contribution in [1.82, 2.24) is 4.90 Å². The average Bonchev–Trinajstić information content (AvgIpc) is 2.56. The van der Waals surface area contributed by atoms with E-state index in [4.69, 9.17) is 10.5 Å². The molecule has 2 N–H and O–H groups in total. The molecule has 0 spiro atoms. The van der Waals surface area contributed by atoms with E-state index in [0.717, 1.165) is 25.1 Å². The van der Waals surface area contributed by atoms with Crippen molar-refractivity contribution in [3.05, 3.63) is 64.7 Å². The molecule has 130 valence electrons. The fourth-order valence-corrected chi connectivity index (χ4v) is 3.49. The predicted molar refractivity (Wildman–Crippen MR) is 102 cm³/mol. The second kappa shape index (κ2) is 8.02. The van der Waals surface area contributed by atoms with Crippen LogP contribution in [0.4, 0.5) is 0 Å². The van der Waals surface area contributed by atoms with Gasteiger partial charge in [0.15, 0.2) is 0 Å². The number of nitrogens with zero attached hydrogens (tertiary/aromatic N) is 1. The number of aryl methyl sites for hydroxylation is 1. The van der Waals surface area contributed by atoms with E-state index < -0.39 is 0 Å². The summed E-state index contributed by atoms with van der Waals surface area (Å²) in [6, 6.07) is 15.4. The van der Waals surface area contributed by atoms with Crippen LogP contribution in [0.1, 0.15) is 35.2 Å². The molecule has 0 saturated heterocycles. The first-order valence-corrected chi connectivity index (χ1v) is 8.32. The van der Waals surface area contributed by atoms with E-state index in [1.54, 1.807) is 7.11 Å². The first kappa shape index (κ1) is 18.8. The van der Waals surface area contributed by atoms with Crippen LogP contribution in [-0.2, 0) is 12.8 Å². The number of rotatable bonds is 4. The van der Waals surface area contributed by atoms with Crippen LogP contribution in [-0.4, -0.2) is 24.7 Å². The molecular formula is C20H27ClN2O. The van der Waals surface area contributed by atoms with Crippen molar-refractivity contribution in [3.63, 3.8) is 0 Å². The summed E-state index contributed by atoms with van der Waals surface area (Å²) in [6.45, 7) is 5.36. The summed E-state index contributed by atoms with van der Waals surface area (Å²) in [6.07, 6.45) is 1.96. The molecule has 2 aromatic carbocycles. The lowest BCUT2D eigenvalue weighted by atomic mass is 9.92. The molecule has 3 rings (SSSR count). The summed E-state index contributed by atoms with van der Waals surface area (Å²) in [5.74, 6) is 0.938. The largest absolute Gasteiger partial charge is 0.497 e. The molecule has 1 aliphatic heterocycles. The zero-order valence-electron chi connectivity index (χ0n) is 14.7. The number of benzene rings is 2. The molecule has 2 atom stereocenters. The van der Waals surface area contributed by atoms with Crippen molar-refractivity contribution < 1.29 is 4.74 Å². The van der Waals surface area contributed by atoms with Gasteiger partial charge in [0.05, 0.1) is 13.3 Å². The molecule has 2 unspecified atom stereocenters. The van der Waals surface area contributed by atoms with Crippen molar-refractivity contribution in [1.29, 1.82) is 0 Å². The van der Waals surface area contributed by atoms with Gasteiger partial charge in [0.1, 0.15) is 5.75 Å². The molecule has 0 bridgehead atoms. The van der Waals surface area contributed by atoms with Crippen LogP contribution in [0, 0.1) is 6.92 Å². The fraction of sp³-hybridized carbons (Fsp3) is 0.400. The number of fused-ring (bicyclic) bond motifs is 1. The molecule has 3 nitrogen and oxygen atoms in total. The van der Waals surface area contributed by atoms with Gasteiger partial charge in [-0.3, -0.25) is 4.90 Å². The second-order valence-corrected chi connectivity index (χ2v) is 6.49. The second-order valence-electron chi connectivity index (χ2n) is 6.49. The van der Waals surface area contributed by atoms with Gasteiger partial charge in [0.25, 0.3) is 0 Å². The molecule has 0 fully saturated rings. The Kier molecular flexibility index (Phi) is 6.27. The van der Waals surface area contributed by atoms with Gasteiger partial charge in [0.2, 0.25) is 0 Å². The highest BCUT2D eigenvalue weighted by Gasteiger charge is 2.27. The summed E-state index contributed by atoms with van der Waals surface area (Å²) in [5, 5.41) is 0. The predicted octanol–water partition coefficient (Wildman–Crippen LogP) is 3.87. The summed E-state index contributed by atoms with van der Waals surface area (Å²) in [5.41, 5.74) is 11.9. The van der Waals surface area contributed by atoms with Crippen molar-refractivity contribution in [3.8, 4) is 5.75 Å². The number of hydrogen-bond donors (Lipinski definition) is 1. The van der Waals surface area contributed by atoms with Crippen LogP contribution in [0.2, 0.25) is 0 Å². The fourth-order valence-electron chi connectivity index (χ4n) is 3.49. The van der Waals surface area contributed by atoms with E-state index >= 15 is 0 Å². The smallest absolute Gasteiger partial charge is 0.119 e. The zero-order chi connectivity index (χ0) is 16.4. The van der Waals surface area contributed by atoms with E-state index in [0.29, 0.717) is 6.04 Å². The van der Waals surface area contributed by atoms with E-state index in [1.165, 1.54) is 22.3 Å². The third-order valence-corrected chi connectivity index (χ3v) is 4.93. The first-order chi connectivity index (χ1) is 11.1. The third-order valence-electron chi connectivity index (χ3n) is 4.93. The molecule has 0 aromatic heterocycles. The van der Waals surface area contributed by atoms with Crippen molar-refractivity contribution in [2.75, 3.05) is 13.7 Å². The van der Waals surface area contributed by atoms with Crippen molar-refractivity contribution in [2.45, 2.75) is 38.9 Å². The van der Waals surface area contributed by atoms with Crippen LogP contribution in [0.15, 0.2) is 42.5 Å². The molecule has 0 amide bonds. The Morgan fingerprint density at radius 1 is 1.21 bits per heavy atom. The highest BCUT2D eigenvalue weighted by atomic mass is 35.5. The minimum absolute atomic E-state index is 0.